The van der Waals surface area contributed by atoms with Crippen LogP contribution in [0.1, 0.15) is 42.9 Å². The van der Waals surface area contributed by atoms with Crippen molar-refractivity contribution >= 4 is 17.4 Å². The number of anilines is 1. The molecule has 1 aliphatic carbocycles. The third-order valence-electron chi connectivity index (χ3n) is 7.40. The second kappa shape index (κ2) is 8.28. The van der Waals surface area contributed by atoms with Gasteiger partial charge in [-0.1, -0.05) is 18.6 Å². The third kappa shape index (κ3) is 3.69. The van der Waals surface area contributed by atoms with Crippen LogP contribution in [-0.2, 0) is 6.42 Å². The lowest BCUT2D eigenvalue weighted by atomic mass is 9.63. The van der Waals surface area contributed by atoms with Gasteiger partial charge in [-0.25, -0.2) is 9.80 Å². The number of hydrogen-bond donors (Lipinski definition) is 1. The highest BCUT2D eigenvalue weighted by Crippen LogP contribution is 2.49. The Morgan fingerprint density at radius 3 is 2.33 bits per heavy atom. The summed E-state index contributed by atoms with van der Waals surface area (Å²) in [4.78, 5) is 15.1. The molecule has 0 radical (unpaired) electrons. The molecule has 5 rings (SSSR count). The van der Waals surface area contributed by atoms with Crippen molar-refractivity contribution in [1.29, 1.82) is 0 Å². The molecule has 1 saturated carbocycles. The molecule has 2 fully saturated rings. The highest BCUT2D eigenvalue weighted by Gasteiger charge is 2.47. The van der Waals surface area contributed by atoms with E-state index in [0.717, 1.165) is 35.5 Å². The van der Waals surface area contributed by atoms with Crippen molar-refractivity contribution < 1.29 is 14.3 Å². The van der Waals surface area contributed by atoms with E-state index in [0.29, 0.717) is 23.3 Å². The first-order valence-corrected chi connectivity index (χ1v) is 11.7. The van der Waals surface area contributed by atoms with Gasteiger partial charge in [0.15, 0.2) is 11.5 Å². The maximum absolute atomic E-state index is 12.6. The lowest BCUT2D eigenvalue weighted by molar-refractivity contribution is 0.0904. The minimum atomic E-state index is -0.227. The first kappa shape index (κ1) is 21.6. The molecule has 2 aromatic carbocycles. The number of ether oxygens (including phenoxy) is 2. The number of carbonyl (C=O) groups is 1. The summed E-state index contributed by atoms with van der Waals surface area (Å²) in [6, 6.07) is 12.2. The number of hydrogen-bond acceptors (Lipinski definition) is 5. The Morgan fingerprint density at radius 1 is 1.09 bits per heavy atom. The van der Waals surface area contributed by atoms with Crippen molar-refractivity contribution in [3.05, 3.63) is 53.1 Å². The molecule has 174 valence electrons. The van der Waals surface area contributed by atoms with Crippen LogP contribution >= 0.6 is 0 Å². The van der Waals surface area contributed by atoms with Crippen LogP contribution in [0.25, 0.3) is 0 Å². The second-order valence-electron chi connectivity index (χ2n) is 9.52. The Morgan fingerprint density at radius 2 is 1.76 bits per heavy atom. The molecule has 33 heavy (non-hydrogen) atoms. The average Bonchev–Trinajstić information content (AvgIpc) is 2.91. The van der Waals surface area contributed by atoms with E-state index in [1.165, 1.54) is 30.0 Å². The number of benzene rings is 2. The zero-order valence-corrected chi connectivity index (χ0v) is 19.9. The Labute approximate surface area is 195 Å². The fourth-order valence-electron chi connectivity index (χ4n) is 5.32. The van der Waals surface area contributed by atoms with Gasteiger partial charge in [-0.05, 0) is 56.0 Å². The van der Waals surface area contributed by atoms with Crippen LogP contribution in [-0.4, -0.2) is 57.2 Å². The average molecular weight is 449 g/mol. The van der Waals surface area contributed by atoms with Crippen LogP contribution in [0.5, 0.6) is 11.5 Å². The van der Waals surface area contributed by atoms with Crippen molar-refractivity contribution in [2.75, 3.05) is 39.3 Å². The number of amides is 2. The van der Waals surface area contributed by atoms with E-state index in [1.807, 2.05) is 19.1 Å². The van der Waals surface area contributed by atoms with Gasteiger partial charge >= 0.3 is 6.03 Å². The van der Waals surface area contributed by atoms with Crippen LogP contribution in [0, 0.1) is 5.41 Å². The molecule has 7 heteroatoms. The van der Waals surface area contributed by atoms with E-state index >= 15 is 0 Å². The Balaban J connectivity index is 1.53. The van der Waals surface area contributed by atoms with Gasteiger partial charge in [-0.3, -0.25) is 0 Å². The number of nitrogens with one attached hydrogen (secondary N) is 1. The quantitative estimate of drug-likeness (QED) is 0.767. The van der Waals surface area contributed by atoms with Gasteiger partial charge in [0, 0.05) is 42.4 Å². The molecule has 2 amide bonds. The van der Waals surface area contributed by atoms with Gasteiger partial charge in [0.05, 0.1) is 26.0 Å². The predicted molar refractivity (Wildman–Crippen MR) is 130 cm³/mol. The lowest BCUT2D eigenvalue weighted by Crippen LogP contribution is -2.59. The molecule has 0 bridgehead atoms. The van der Waals surface area contributed by atoms with E-state index in [-0.39, 0.29) is 12.1 Å². The largest absolute Gasteiger partial charge is 0.493 e. The molecule has 3 aliphatic rings. The minimum Gasteiger partial charge on any atom is -0.493 e. The highest BCUT2D eigenvalue weighted by molar-refractivity contribution is 6.14. The van der Waals surface area contributed by atoms with Crippen LogP contribution in [0.15, 0.2) is 41.5 Å². The lowest BCUT2D eigenvalue weighted by Gasteiger charge is -2.57. The second-order valence-corrected chi connectivity index (χ2v) is 9.52. The molecule has 1 unspecified atom stereocenters. The summed E-state index contributed by atoms with van der Waals surface area (Å²) in [5.41, 5.74) is 5.58. The molecule has 1 atom stereocenters. The van der Waals surface area contributed by atoms with Gasteiger partial charge in [0.25, 0.3) is 0 Å². The van der Waals surface area contributed by atoms with E-state index in [9.17, 15) is 4.79 Å². The van der Waals surface area contributed by atoms with E-state index in [2.05, 4.69) is 34.5 Å². The molecule has 2 heterocycles. The summed E-state index contributed by atoms with van der Waals surface area (Å²) in [5.74, 6) is 1.32. The number of fused-ring (bicyclic) bond motifs is 1. The van der Waals surface area contributed by atoms with Crippen LogP contribution in [0.3, 0.4) is 0 Å². The normalized spacial score (nSPS) is 20.7. The number of nitrogens with zero attached hydrogens (tertiary/aromatic N) is 3. The number of hydrazone groups is 1. The van der Waals surface area contributed by atoms with E-state index < -0.39 is 0 Å². The fourth-order valence-corrected chi connectivity index (χ4v) is 5.32. The van der Waals surface area contributed by atoms with Crippen molar-refractivity contribution in [1.82, 2.24) is 10.3 Å². The Bertz CT molecular complexity index is 1080. The Hall–Kier alpha value is -3.22. The fraction of sp³-hybridized carbons (Fsp3) is 0.462. The minimum absolute atomic E-state index is 0.113. The van der Waals surface area contributed by atoms with Gasteiger partial charge in [0.1, 0.15) is 0 Å². The molecule has 2 aliphatic heterocycles. The number of carbonyl (C=O) groups excluding carboxylic acids is 1. The van der Waals surface area contributed by atoms with Gasteiger partial charge in [-0.15, -0.1) is 0 Å². The standard InChI is InChI=1S/C26H32N4O3/c1-17-12-19-13-22(32-3)23(33-4)14-21(19)24(28-30(17)25(31)27-2)18-6-8-20(9-7-18)29-15-26(16-29)10-5-11-26/h6-9,13-14,17H,5,10-12,15-16H2,1-4H3,(H,27,31). The summed E-state index contributed by atoms with van der Waals surface area (Å²) < 4.78 is 11.1. The van der Waals surface area contributed by atoms with Crippen molar-refractivity contribution in [3.63, 3.8) is 0 Å². The van der Waals surface area contributed by atoms with Gasteiger partial charge < -0.3 is 19.7 Å². The maximum Gasteiger partial charge on any atom is 0.337 e. The summed E-state index contributed by atoms with van der Waals surface area (Å²) in [6.07, 6.45) is 4.77. The van der Waals surface area contributed by atoms with Crippen LogP contribution in [0.2, 0.25) is 0 Å². The maximum atomic E-state index is 12.6. The molecule has 1 spiro atoms. The summed E-state index contributed by atoms with van der Waals surface area (Å²) >= 11 is 0. The summed E-state index contributed by atoms with van der Waals surface area (Å²) in [5, 5.41) is 9.11. The summed E-state index contributed by atoms with van der Waals surface area (Å²) in [7, 11) is 4.90. The number of urea groups is 1. The molecule has 1 N–H and O–H groups in total. The first-order valence-electron chi connectivity index (χ1n) is 11.7. The molecule has 0 aromatic heterocycles. The third-order valence-corrected chi connectivity index (χ3v) is 7.40. The Kier molecular flexibility index (Phi) is 5.43. The molecule has 1 saturated heterocycles. The van der Waals surface area contributed by atoms with Crippen LogP contribution in [0.4, 0.5) is 10.5 Å². The monoisotopic (exact) mass is 448 g/mol. The van der Waals surface area contributed by atoms with Crippen molar-refractivity contribution in [3.8, 4) is 11.5 Å². The van der Waals surface area contributed by atoms with Crippen molar-refractivity contribution in [2.45, 2.75) is 38.6 Å². The SMILES string of the molecule is CNC(=O)N1N=C(c2ccc(N3CC4(CCC4)C3)cc2)c2cc(OC)c(OC)cc2CC1C. The summed E-state index contributed by atoms with van der Waals surface area (Å²) in [6.45, 7) is 4.33. The smallest absolute Gasteiger partial charge is 0.337 e. The van der Waals surface area contributed by atoms with Gasteiger partial charge in [0.2, 0.25) is 0 Å². The molecular formula is C26H32N4O3. The van der Waals surface area contributed by atoms with E-state index in [4.69, 9.17) is 14.6 Å². The molecule has 2 aromatic rings. The highest BCUT2D eigenvalue weighted by atomic mass is 16.5. The van der Waals surface area contributed by atoms with Crippen LogP contribution < -0.4 is 19.7 Å². The number of methoxy groups -OCH3 is 2. The van der Waals surface area contributed by atoms with E-state index in [1.54, 1.807) is 21.3 Å². The zero-order chi connectivity index (χ0) is 23.2. The molecular weight excluding hydrogens is 416 g/mol. The van der Waals surface area contributed by atoms with Crippen molar-refractivity contribution in [2.24, 2.45) is 10.5 Å². The van der Waals surface area contributed by atoms with Gasteiger partial charge in [-0.2, -0.15) is 5.10 Å². The topological polar surface area (TPSA) is 66.4 Å². The zero-order valence-electron chi connectivity index (χ0n) is 19.9. The number of rotatable bonds is 4. The first-order chi connectivity index (χ1) is 16.0. The predicted octanol–water partition coefficient (Wildman–Crippen LogP) is 4.03. The molecule has 7 nitrogen and oxygen atoms in total.